The Labute approximate surface area is 189 Å². The molecular weight excluding hydrogens is 418 g/mol. The number of aliphatic hydroxyl groups is 2. The first-order valence-corrected chi connectivity index (χ1v) is 11.7. The van der Waals surface area contributed by atoms with E-state index in [2.05, 4.69) is 12.2 Å². The molecule has 0 aliphatic heterocycles. The second kappa shape index (κ2) is 20.1. The topological polar surface area (TPSA) is 141 Å². The predicted molar refractivity (Wildman–Crippen MR) is 126 cm³/mol. The lowest BCUT2D eigenvalue weighted by molar-refractivity contribution is -0.138. The number of rotatable bonds is 19. The molecule has 0 fully saturated rings. The van der Waals surface area contributed by atoms with Crippen LogP contribution in [0.2, 0.25) is 0 Å². The van der Waals surface area contributed by atoms with Crippen LogP contribution in [0.3, 0.4) is 0 Å². The molecule has 0 aliphatic carbocycles. The fourth-order valence-corrected chi connectivity index (χ4v) is 3.64. The van der Waals surface area contributed by atoms with E-state index in [4.69, 9.17) is 21.1 Å². The van der Waals surface area contributed by atoms with Gasteiger partial charge in [-0.2, -0.15) is 0 Å². The van der Waals surface area contributed by atoms with Crippen molar-refractivity contribution in [3.05, 3.63) is 48.6 Å². The van der Waals surface area contributed by atoms with Crippen molar-refractivity contribution < 1.29 is 30.0 Å². The van der Waals surface area contributed by atoms with Crippen molar-refractivity contribution in [3.63, 3.8) is 0 Å². The number of hydrogen-bond donors (Lipinski definition) is 5. The second-order valence-electron chi connectivity index (χ2n) is 7.07. The van der Waals surface area contributed by atoms with Gasteiger partial charge in [0.05, 0.1) is 6.10 Å². The van der Waals surface area contributed by atoms with Gasteiger partial charge in [0, 0.05) is 24.0 Å². The van der Waals surface area contributed by atoms with Crippen LogP contribution >= 0.6 is 11.8 Å². The van der Waals surface area contributed by atoms with Gasteiger partial charge in [0.15, 0.2) is 0 Å². The Morgan fingerprint density at radius 3 is 2.35 bits per heavy atom. The van der Waals surface area contributed by atoms with Crippen molar-refractivity contribution in [3.8, 4) is 0 Å². The number of carbonyl (C=O) groups is 2. The third-order valence-corrected chi connectivity index (χ3v) is 5.70. The molecule has 0 bridgehead atoms. The summed E-state index contributed by atoms with van der Waals surface area (Å²) in [6, 6.07) is -1.02. The van der Waals surface area contributed by atoms with E-state index in [9.17, 15) is 14.7 Å². The van der Waals surface area contributed by atoms with Crippen LogP contribution in [0, 0.1) is 0 Å². The second-order valence-corrected chi connectivity index (χ2v) is 8.28. The minimum atomic E-state index is -1.10. The van der Waals surface area contributed by atoms with Gasteiger partial charge in [-0.3, -0.25) is 9.59 Å². The highest BCUT2D eigenvalue weighted by molar-refractivity contribution is 8.00. The number of carboxylic acid groups (broad SMARTS) is 2. The molecule has 0 radical (unpaired) electrons. The van der Waals surface area contributed by atoms with Crippen molar-refractivity contribution in [1.82, 2.24) is 0 Å². The highest BCUT2D eigenvalue weighted by atomic mass is 32.2. The van der Waals surface area contributed by atoms with Crippen molar-refractivity contribution in [1.29, 1.82) is 0 Å². The number of nitrogens with two attached hydrogens (primary N) is 1. The first kappa shape index (κ1) is 29.1. The monoisotopic (exact) mass is 455 g/mol. The fraction of sp³-hybridized carbons (Fsp3) is 0.565. The summed E-state index contributed by atoms with van der Waals surface area (Å²) in [5.74, 6) is -1.86. The number of allylic oxidation sites excluding steroid dienone is 7. The molecule has 6 N–H and O–H groups in total. The molecule has 176 valence electrons. The summed E-state index contributed by atoms with van der Waals surface area (Å²) >= 11 is 1.24. The lowest BCUT2D eigenvalue weighted by Crippen LogP contribution is -2.34. The third-order valence-electron chi connectivity index (χ3n) is 4.29. The molecule has 0 heterocycles. The molecule has 3 atom stereocenters. The lowest BCUT2D eigenvalue weighted by Gasteiger charge is -2.20. The van der Waals surface area contributed by atoms with Crippen LogP contribution in [0.15, 0.2) is 48.6 Å². The quantitative estimate of drug-likeness (QED) is 0.113. The van der Waals surface area contributed by atoms with E-state index in [1.165, 1.54) is 11.8 Å². The van der Waals surface area contributed by atoms with Gasteiger partial charge >= 0.3 is 11.9 Å². The van der Waals surface area contributed by atoms with E-state index in [-0.39, 0.29) is 24.0 Å². The molecule has 0 saturated carbocycles. The van der Waals surface area contributed by atoms with Crippen molar-refractivity contribution in [2.45, 2.75) is 68.8 Å². The minimum absolute atomic E-state index is 0.0192. The van der Waals surface area contributed by atoms with Gasteiger partial charge in [-0.25, -0.2) is 0 Å². The van der Waals surface area contributed by atoms with Crippen LogP contribution in [0.1, 0.15) is 51.4 Å². The largest absolute Gasteiger partial charge is 0.481 e. The van der Waals surface area contributed by atoms with Crippen molar-refractivity contribution >= 4 is 23.7 Å². The normalized spacial score (nSPS) is 15.3. The summed E-state index contributed by atoms with van der Waals surface area (Å²) in [4.78, 5) is 21.5. The first-order valence-electron chi connectivity index (χ1n) is 10.6. The molecule has 0 saturated heterocycles. The van der Waals surface area contributed by atoms with Gasteiger partial charge in [0.2, 0.25) is 0 Å². The summed E-state index contributed by atoms with van der Waals surface area (Å²) < 4.78 is 0. The Morgan fingerprint density at radius 2 is 1.68 bits per heavy atom. The number of hydrogen-bond acceptors (Lipinski definition) is 6. The van der Waals surface area contributed by atoms with Crippen LogP contribution in [0.4, 0.5) is 0 Å². The molecule has 8 heteroatoms. The Hall–Kier alpha value is -1.87. The summed E-state index contributed by atoms with van der Waals surface area (Å²) in [5, 5.41) is 36.3. The SMILES string of the molecule is NC(CS[C@H](/C=C/C=C/C=C\C/C=C\CCCCCO)[C@@H](O)CCCC(=O)O)C(=O)O. The Kier molecular flexibility index (Phi) is 18.8. The zero-order valence-corrected chi connectivity index (χ0v) is 18.8. The maximum absolute atomic E-state index is 10.9. The summed E-state index contributed by atoms with van der Waals surface area (Å²) in [6.07, 6.45) is 20.1. The van der Waals surface area contributed by atoms with Gasteiger partial charge in [-0.05, 0) is 38.5 Å². The molecular formula is C23H37NO6S. The van der Waals surface area contributed by atoms with Crippen molar-refractivity contribution in [2.75, 3.05) is 12.4 Å². The van der Waals surface area contributed by atoms with E-state index in [1.54, 1.807) is 12.2 Å². The van der Waals surface area contributed by atoms with Gasteiger partial charge in [-0.1, -0.05) is 55.0 Å². The molecule has 7 nitrogen and oxygen atoms in total. The Morgan fingerprint density at radius 1 is 0.935 bits per heavy atom. The van der Waals surface area contributed by atoms with E-state index in [0.29, 0.717) is 12.8 Å². The molecule has 1 unspecified atom stereocenters. The lowest BCUT2D eigenvalue weighted by atomic mass is 10.1. The molecule has 31 heavy (non-hydrogen) atoms. The Bertz CT molecular complexity index is 603. The predicted octanol–water partition coefficient (Wildman–Crippen LogP) is 3.28. The van der Waals surface area contributed by atoms with E-state index in [1.807, 2.05) is 24.3 Å². The summed E-state index contributed by atoms with van der Waals surface area (Å²) in [5.41, 5.74) is 5.54. The van der Waals surface area contributed by atoms with Crippen LogP contribution in [-0.4, -0.2) is 62.1 Å². The zero-order chi connectivity index (χ0) is 23.3. The van der Waals surface area contributed by atoms with Crippen molar-refractivity contribution in [2.24, 2.45) is 5.73 Å². The number of aliphatic carboxylic acids is 2. The first-order chi connectivity index (χ1) is 14.9. The number of thioether (sulfide) groups is 1. The summed E-state index contributed by atoms with van der Waals surface area (Å²) in [6.45, 7) is 0.256. The third kappa shape index (κ3) is 18.6. The van der Waals surface area contributed by atoms with Crippen LogP contribution in [0.25, 0.3) is 0 Å². The number of unbranched alkanes of at least 4 members (excludes halogenated alkanes) is 3. The van der Waals surface area contributed by atoms with E-state index in [0.717, 1.165) is 32.1 Å². The van der Waals surface area contributed by atoms with Crippen LogP contribution in [-0.2, 0) is 9.59 Å². The van der Waals surface area contributed by atoms with Gasteiger partial charge in [0.25, 0.3) is 0 Å². The van der Waals surface area contributed by atoms with E-state index < -0.39 is 24.1 Å². The molecule has 0 amide bonds. The average molecular weight is 456 g/mol. The highest BCUT2D eigenvalue weighted by Crippen LogP contribution is 2.21. The average Bonchev–Trinajstić information content (AvgIpc) is 2.72. The fourth-order valence-electron chi connectivity index (χ4n) is 2.51. The van der Waals surface area contributed by atoms with Gasteiger partial charge < -0.3 is 26.2 Å². The number of aliphatic hydroxyl groups excluding tert-OH is 2. The smallest absolute Gasteiger partial charge is 0.321 e. The summed E-state index contributed by atoms with van der Waals surface area (Å²) in [7, 11) is 0. The number of carboxylic acids is 2. The maximum atomic E-state index is 10.9. The molecule has 0 spiro atoms. The molecule has 0 aromatic carbocycles. The zero-order valence-electron chi connectivity index (χ0n) is 18.0. The molecule has 0 rings (SSSR count). The van der Waals surface area contributed by atoms with Gasteiger partial charge in [-0.15, -0.1) is 11.8 Å². The highest BCUT2D eigenvalue weighted by Gasteiger charge is 2.20. The molecule has 0 aromatic heterocycles. The standard InChI is InChI=1S/C23H37NO6S/c24-19(23(29)30)18-31-21(20(26)14-13-16-22(27)28)15-11-9-7-5-3-1-2-4-6-8-10-12-17-25/h2-5,7,9,11,15,19-21,25-26H,1,6,8,10,12-14,16-18,24H2,(H,27,28)(H,29,30)/b4-2-,5-3-,9-7+,15-11+/t19?,20-,21+/m0/s1. The van der Waals surface area contributed by atoms with Gasteiger partial charge in [0.1, 0.15) is 6.04 Å². The minimum Gasteiger partial charge on any atom is -0.481 e. The Balaban J connectivity index is 4.46. The van der Waals surface area contributed by atoms with Crippen LogP contribution < -0.4 is 5.73 Å². The molecule has 0 aromatic rings. The maximum Gasteiger partial charge on any atom is 0.321 e. The van der Waals surface area contributed by atoms with Crippen LogP contribution in [0.5, 0.6) is 0 Å². The molecule has 0 aliphatic rings. The van der Waals surface area contributed by atoms with E-state index >= 15 is 0 Å².